The van der Waals surface area contributed by atoms with Crippen LogP contribution in [-0.4, -0.2) is 20.6 Å². The Hall–Kier alpha value is -3.75. The molecule has 0 bridgehead atoms. The molecule has 9 heteroatoms. The number of amides is 1. The van der Waals surface area contributed by atoms with Crippen molar-refractivity contribution in [1.29, 1.82) is 0 Å². The minimum atomic E-state index is -0.748. The Morgan fingerprint density at radius 3 is 2.58 bits per heavy atom. The first-order valence-corrected chi connectivity index (χ1v) is 7.62. The molecule has 1 heterocycles. The van der Waals surface area contributed by atoms with Gasteiger partial charge in [-0.05, 0) is 24.6 Å². The van der Waals surface area contributed by atoms with Crippen LogP contribution in [0.25, 0.3) is 11.4 Å². The van der Waals surface area contributed by atoms with E-state index in [0.29, 0.717) is 11.3 Å². The predicted octanol–water partition coefficient (Wildman–Crippen LogP) is 2.36. The number of aromatic nitrogens is 2. The van der Waals surface area contributed by atoms with E-state index in [0.717, 1.165) is 10.1 Å². The van der Waals surface area contributed by atoms with E-state index in [4.69, 9.17) is 4.52 Å². The maximum absolute atomic E-state index is 12.2. The van der Waals surface area contributed by atoms with Crippen LogP contribution in [0.4, 0.5) is 11.4 Å². The normalized spacial score (nSPS) is 10.5. The lowest BCUT2D eigenvalue weighted by atomic mass is 10.1. The van der Waals surface area contributed by atoms with E-state index in [1.807, 2.05) is 19.1 Å². The summed E-state index contributed by atoms with van der Waals surface area (Å²) in [5.74, 6) is -0.979. The number of nitrogens with one attached hydrogen (secondary N) is 1. The number of non-ortho nitro benzene ring substituents is 1. The van der Waals surface area contributed by atoms with Crippen LogP contribution in [0, 0.1) is 17.0 Å². The van der Waals surface area contributed by atoms with Crippen LogP contribution in [0.2, 0.25) is 0 Å². The molecule has 0 aliphatic rings. The molecule has 1 amide bonds. The van der Waals surface area contributed by atoms with Gasteiger partial charge in [0, 0.05) is 23.4 Å². The average Bonchev–Trinajstić information content (AvgIpc) is 2.96. The SMILES string of the molecule is Cc1ccccc1-c1noc(=O)n1CC(=O)Nc1ccc([N+](=O)[O-])cc1. The summed E-state index contributed by atoms with van der Waals surface area (Å²) >= 11 is 0. The van der Waals surface area contributed by atoms with Gasteiger partial charge in [-0.1, -0.05) is 29.4 Å². The van der Waals surface area contributed by atoms with Crippen LogP contribution in [0.15, 0.2) is 57.8 Å². The summed E-state index contributed by atoms with van der Waals surface area (Å²) in [6.07, 6.45) is 0. The number of nitrogens with zero attached hydrogens (tertiary/aromatic N) is 3. The van der Waals surface area contributed by atoms with Crippen molar-refractivity contribution >= 4 is 17.3 Å². The van der Waals surface area contributed by atoms with Crippen molar-refractivity contribution in [2.75, 3.05) is 5.32 Å². The topological polar surface area (TPSA) is 120 Å². The summed E-state index contributed by atoms with van der Waals surface area (Å²) < 4.78 is 5.83. The number of rotatable bonds is 5. The Morgan fingerprint density at radius 1 is 1.23 bits per heavy atom. The van der Waals surface area contributed by atoms with E-state index in [-0.39, 0.29) is 18.1 Å². The highest BCUT2D eigenvalue weighted by atomic mass is 16.6. The summed E-state index contributed by atoms with van der Waals surface area (Å²) in [4.78, 5) is 34.3. The van der Waals surface area contributed by atoms with Gasteiger partial charge in [0.2, 0.25) is 5.91 Å². The number of carbonyl (C=O) groups is 1. The molecule has 132 valence electrons. The summed E-state index contributed by atoms with van der Waals surface area (Å²) in [6.45, 7) is 1.55. The van der Waals surface area contributed by atoms with Crippen LogP contribution < -0.4 is 11.1 Å². The zero-order chi connectivity index (χ0) is 18.7. The Bertz CT molecular complexity index is 1020. The third-order valence-corrected chi connectivity index (χ3v) is 3.74. The van der Waals surface area contributed by atoms with Gasteiger partial charge in [-0.25, -0.2) is 9.36 Å². The van der Waals surface area contributed by atoms with Crippen LogP contribution in [0.5, 0.6) is 0 Å². The predicted molar refractivity (Wildman–Crippen MR) is 92.7 cm³/mol. The lowest BCUT2D eigenvalue weighted by Gasteiger charge is -2.08. The second kappa shape index (κ2) is 7.01. The number of nitro benzene ring substituents is 1. The molecule has 0 fully saturated rings. The molecule has 0 aliphatic carbocycles. The van der Waals surface area contributed by atoms with E-state index in [9.17, 15) is 19.7 Å². The zero-order valence-electron chi connectivity index (χ0n) is 13.7. The number of aryl methyl sites for hydroxylation is 1. The molecule has 0 aliphatic heterocycles. The highest BCUT2D eigenvalue weighted by molar-refractivity contribution is 5.90. The number of hydrogen-bond donors (Lipinski definition) is 1. The van der Waals surface area contributed by atoms with Crippen molar-refractivity contribution in [3.05, 3.63) is 74.8 Å². The molecule has 0 spiro atoms. The lowest BCUT2D eigenvalue weighted by molar-refractivity contribution is -0.384. The molecular weight excluding hydrogens is 340 g/mol. The first-order valence-electron chi connectivity index (χ1n) is 7.62. The largest absolute Gasteiger partial charge is 0.442 e. The number of nitro groups is 1. The standard InChI is InChI=1S/C17H14N4O5/c1-11-4-2-3-5-14(11)16-19-26-17(23)20(16)10-15(22)18-12-6-8-13(9-7-12)21(24)25/h2-9H,10H2,1H3,(H,18,22). The van der Waals surface area contributed by atoms with Crippen molar-refractivity contribution in [3.8, 4) is 11.4 Å². The van der Waals surface area contributed by atoms with Gasteiger partial charge in [0.15, 0.2) is 5.82 Å². The number of anilines is 1. The molecule has 3 aromatic rings. The van der Waals surface area contributed by atoms with Crippen LogP contribution in [-0.2, 0) is 11.3 Å². The minimum absolute atomic E-state index is 0.0832. The third-order valence-electron chi connectivity index (χ3n) is 3.74. The highest BCUT2D eigenvalue weighted by Crippen LogP contribution is 2.20. The van der Waals surface area contributed by atoms with Gasteiger partial charge >= 0.3 is 5.76 Å². The number of benzene rings is 2. The third kappa shape index (κ3) is 3.51. The van der Waals surface area contributed by atoms with E-state index in [2.05, 4.69) is 10.5 Å². The first-order chi connectivity index (χ1) is 12.5. The average molecular weight is 354 g/mol. The molecule has 0 radical (unpaired) electrons. The van der Waals surface area contributed by atoms with Gasteiger partial charge in [0.25, 0.3) is 5.69 Å². The molecule has 1 aromatic heterocycles. The number of carbonyl (C=O) groups excluding carboxylic acids is 1. The van der Waals surface area contributed by atoms with Gasteiger partial charge in [-0.2, -0.15) is 0 Å². The minimum Gasteiger partial charge on any atom is -0.325 e. The molecule has 9 nitrogen and oxygen atoms in total. The van der Waals surface area contributed by atoms with Crippen molar-refractivity contribution in [1.82, 2.24) is 9.72 Å². The Labute approximate surface area is 147 Å². The maximum atomic E-state index is 12.2. The molecule has 26 heavy (non-hydrogen) atoms. The Morgan fingerprint density at radius 2 is 1.92 bits per heavy atom. The fourth-order valence-electron chi connectivity index (χ4n) is 2.44. The molecule has 2 aromatic carbocycles. The van der Waals surface area contributed by atoms with Gasteiger partial charge in [-0.3, -0.25) is 19.4 Å². The van der Waals surface area contributed by atoms with Crippen molar-refractivity contribution in [2.24, 2.45) is 0 Å². The van der Waals surface area contributed by atoms with E-state index < -0.39 is 16.6 Å². The van der Waals surface area contributed by atoms with Crippen LogP contribution in [0.3, 0.4) is 0 Å². The summed E-state index contributed by atoms with van der Waals surface area (Å²) in [6, 6.07) is 12.7. The van der Waals surface area contributed by atoms with Gasteiger partial charge in [0.05, 0.1) is 4.92 Å². The van der Waals surface area contributed by atoms with Crippen molar-refractivity contribution < 1.29 is 14.2 Å². The highest BCUT2D eigenvalue weighted by Gasteiger charge is 2.17. The van der Waals surface area contributed by atoms with E-state index in [1.54, 1.807) is 12.1 Å². The molecule has 0 saturated heterocycles. The fraction of sp³-hybridized carbons (Fsp3) is 0.118. The number of hydrogen-bond acceptors (Lipinski definition) is 6. The van der Waals surface area contributed by atoms with E-state index in [1.165, 1.54) is 24.3 Å². The Kier molecular flexibility index (Phi) is 4.61. The second-order valence-electron chi connectivity index (χ2n) is 5.53. The molecule has 0 unspecified atom stereocenters. The zero-order valence-corrected chi connectivity index (χ0v) is 13.7. The Balaban J connectivity index is 1.80. The van der Waals surface area contributed by atoms with Gasteiger partial charge in [-0.15, -0.1) is 0 Å². The maximum Gasteiger partial charge on any atom is 0.442 e. The molecular formula is C17H14N4O5. The van der Waals surface area contributed by atoms with Crippen LogP contribution in [0.1, 0.15) is 5.56 Å². The van der Waals surface area contributed by atoms with Crippen molar-refractivity contribution in [3.63, 3.8) is 0 Å². The summed E-state index contributed by atoms with van der Waals surface area (Å²) in [5.41, 5.74) is 1.86. The van der Waals surface area contributed by atoms with Crippen molar-refractivity contribution in [2.45, 2.75) is 13.5 Å². The molecule has 0 saturated carbocycles. The second-order valence-corrected chi connectivity index (χ2v) is 5.53. The van der Waals surface area contributed by atoms with Gasteiger partial charge < -0.3 is 5.32 Å². The summed E-state index contributed by atoms with van der Waals surface area (Å²) in [7, 11) is 0. The van der Waals surface area contributed by atoms with Crippen LogP contribution >= 0.6 is 0 Å². The smallest absolute Gasteiger partial charge is 0.325 e. The van der Waals surface area contributed by atoms with E-state index >= 15 is 0 Å². The molecule has 0 atom stereocenters. The van der Waals surface area contributed by atoms with Gasteiger partial charge in [0.1, 0.15) is 6.54 Å². The quantitative estimate of drug-likeness (QED) is 0.555. The first kappa shape index (κ1) is 17.1. The fourth-order valence-corrected chi connectivity index (χ4v) is 2.44. The molecule has 1 N–H and O–H groups in total. The molecule has 3 rings (SSSR count). The summed E-state index contributed by atoms with van der Waals surface area (Å²) in [5, 5.41) is 17.0. The monoisotopic (exact) mass is 354 g/mol. The lowest BCUT2D eigenvalue weighted by Crippen LogP contribution is -2.25.